The standard InChI is InChI=1S/C17H26/c1-13(2)9-10-15-7-5-6-8-16(15)17(11-12-17)14(3)4/h5-8,13-14H,9-12H2,1-4H3. The molecule has 0 radical (unpaired) electrons. The summed E-state index contributed by atoms with van der Waals surface area (Å²) < 4.78 is 0. The van der Waals surface area contributed by atoms with Crippen molar-refractivity contribution in [2.45, 2.75) is 58.8 Å². The number of hydrogen-bond donors (Lipinski definition) is 0. The first-order valence-electron chi connectivity index (χ1n) is 7.14. The largest absolute Gasteiger partial charge is 0.0628 e. The van der Waals surface area contributed by atoms with Crippen LogP contribution < -0.4 is 0 Å². The highest BCUT2D eigenvalue weighted by molar-refractivity contribution is 5.39. The van der Waals surface area contributed by atoms with Gasteiger partial charge < -0.3 is 0 Å². The van der Waals surface area contributed by atoms with Crippen LogP contribution in [0.1, 0.15) is 58.1 Å². The summed E-state index contributed by atoms with van der Waals surface area (Å²) in [6, 6.07) is 9.15. The van der Waals surface area contributed by atoms with Gasteiger partial charge in [-0.3, -0.25) is 0 Å². The highest BCUT2D eigenvalue weighted by Gasteiger charge is 2.47. The Kier molecular flexibility index (Phi) is 3.61. The fourth-order valence-corrected chi connectivity index (χ4v) is 2.96. The molecule has 0 bridgehead atoms. The normalized spacial score (nSPS) is 17.8. The molecule has 0 atom stereocenters. The Labute approximate surface area is 106 Å². The molecule has 1 aromatic rings. The molecular formula is C17H26. The Morgan fingerprint density at radius 2 is 1.71 bits per heavy atom. The second-order valence-corrected chi connectivity index (χ2v) is 6.40. The highest BCUT2D eigenvalue weighted by Crippen LogP contribution is 2.54. The van der Waals surface area contributed by atoms with Crippen LogP contribution in [0.25, 0.3) is 0 Å². The maximum absolute atomic E-state index is 2.38. The predicted molar refractivity (Wildman–Crippen MR) is 75.4 cm³/mol. The zero-order valence-electron chi connectivity index (χ0n) is 11.8. The summed E-state index contributed by atoms with van der Waals surface area (Å²) in [5, 5.41) is 0. The highest BCUT2D eigenvalue weighted by atomic mass is 14.5. The summed E-state index contributed by atoms with van der Waals surface area (Å²) in [7, 11) is 0. The minimum Gasteiger partial charge on any atom is -0.0628 e. The Hall–Kier alpha value is -0.780. The van der Waals surface area contributed by atoms with Crippen molar-refractivity contribution in [3.63, 3.8) is 0 Å². The van der Waals surface area contributed by atoms with Gasteiger partial charge in [0.1, 0.15) is 0 Å². The molecule has 0 heteroatoms. The average Bonchev–Trinajstić information content (AvgIpc) is 3.08. The summed E-state index contributed by atoms with van der Waals surface area (Å²) in [5.41, 5.74) is 3.77. The summed E-state index contributed by atoms with van der Waals surface area (Å²) in [4.78, 5) is 0. The van der Waals surface area contributed by atoms with Crippen LogP contribution in [0.15, 0.2) is 24.3 Å². The van der Waals surface area contributed by atoms with E-state index in [1.165, 1.54) is 25.7 Å². The van der Waals surface area contributed by atoms with E-state index >= 15 is 0 Å². The monoisotopic (exact) mass is 230 g/mol. The lowest BCUT2D eigenvalue weighted by Gasteiger charge is -2.23. The molecule has 0 aliphatic heterocycles. The van der Waals surface area contributed by atoms with Gasteiger partial charge in [-0.25, -0.2) is 0 Å². The molecule has 1 aromatic carbocycles. The van der Waals surface area contributed by atoms with Crippen molar-refractivity contribution >= 4 is 0 Å². The van der Waals surface area contributed by atoms with E-state index in [0.29, 0.717) is 5.41 Å². The van der Waals surface area contributed by atoms with E-state index < -0.39 is 0 Å². The third kappa shape index (κ3) is 2.56. The van der Waals surface area contributed by atoms with Crippen LogP contribution in [0.2, 0.25) is 0 Å². The van der Waals surface area contributed by atoms with Crippen molar-refractivity contribution in [3.8, 4) is 0 Å². The minimum absolute atomic E-state index is 0.521. The Morgan fingerprint density at radius 3 is 2.24 bits per heavy atom. The Bertz CT molecular complexity index is 369. The molecule has 1 aliphatic carbocycles. The lowest BCUT2D eigenvalue weighted by atomic mass is 9.81. The lowest BCUT2D eigenvalue weighted by molar-refractivity contribution is 0.475. The minimum atomic E-state index is 0.521. The number of benzene rings is 1. The fraction of sp³-hybridized carbons (Fsp3) is 0.647. The molecule has 0 amide bonds. The first kappa shape index (κ1) is 12.7. The molecule has 0 heterocycles. The summed E-state index contributed by atoms with van der Waals surface area (Å²) in [5.74, 6) is 1.58. The van der Waals surface area contributed by atoms with Crippen LogP contribution in [0.3, 0.4) is 0 Å². The Balaban J connectivity index is 2.22. The SMILES string of the molecule is CC(C)CCc1ccccc1C1(C(C)C)CC1. The summed E-state index contributed by atoms with van der Waals surface area (Å²) in [6.07, 6.45) is 5.35. The van der Waals surface area contributed by atoms with Crippen molar-refractivity contribution in [1.29, 1.82) is 0 Å². The molecule has 94 valence electrons. The van der Waals surface area contributed by atoms with E-state index in [1.807, 2.05) is 0 Å². The van der Waals surface area contributed by atoms with Crippen LogP contribution in [-0.2, 0) is 11.8 Å². The summed E-state index contributed by atoms with van der Waals surface area (Å²) >= 11 is 0. The zero-order valence-corrected chi connectivity index (χ0v) is 11.8. The van der Waals surface area contributed by atoms with Crippen molar-refractivity contribution < 1.29 is 0 Å². The van der Waals surface area contributed by atoms with E-state index in [0.717, 1.165) is 11.8 Å². The molecule has 2 rings (SSSR count). The lowest BCUT2D eigenvalue weighted by Crippen LogP contribution is -2.17. The second-order valence-electron chi connectivity index (χ2n) is 6.40. The van der Waals surface area contributed by atoms with Crippen molar-refractivity contribution in [3.05, 3.63) is 35.4 Å². The molecule has 0 N–H and O–H groups in total. The van der Waals surface area contributed by atoms with Gasteiger partial charge in [0, 0.05) is 0 Å². The molecule has 0 nitrogen and oxygen atoms in total. The Morgan fingerprint density at radius 1 is 1.06 bits per heavy atom. The van der Waals surface area contributed by atoms with Crippen LogP contribution in [0.5, 0.6) is 0 Å². The van der Waals surface area contributed by atoms with Crippen molar-refractivity contribution in [1.82, 2.24) is 0 Å². The fourth-order valence-electron chi connectivity index (χ4n) is 2.96. The van der Waals surface area contributed by atoms with Gasteiger partial charge in [-0.15, -0.1) is 0 Å². The molecule has 1 saturated carbocycles. The molecule has 0 unspecified atom stereocenters. The molecule has 0 saturated heterocycles. The van der Waals surface area contributed by atoms with Crippen molar-refractivity contribution in [2.75, 3.05) is 0 Å². The smallest absolute Gasteiger partial charge is 0.00206 e. The zero-order chi connectivity index (χ0) is 12.5. The van der Waals surface area contributed by atoms with Crippen LogP contribution in [-0.4, -0.2) is 0 Å². The molecule has 0 spiro atoms. The van der Waals surface area contributed by atoms with Gasteiger partial charge in [-0.05, 0) is 54.1 Å². The average molecular weight is 230 g/mol. The number of rotatable bonds is 5. The molecule has 1 fully saturated rings. The van der Waals surface area contributed by atoms with E-state index in [9.17, 15) is 0 Å². The first-order chi connectivity index (χ1) is 8.06. The van der Waals surface area contributed by atoms with Gasteiger partial charge in [-0.2, -0.15) is 0 Å². The van der Waals surface area contributed by atoms with Crippen LogP contribution in [0.4, 0.5) is 0 Å². The van der Waals surface area contributed by atoms with Gasteiger partial charge in [0.05, 0.1) is 0 Å². The molecular weight excluding hydrogens is 204 g/mol. The van der Waals surface area contributed by atoms with Crippen LogP contribution in [0, 0.1) is 11.8 Å². The number of hydrogen-bond acceptors (Lipinski definition) is 0. The molecule has 17 heavy (non-hydrogen) atoms. The molecule has 0 aromatic heterocycles. The van der Waals surface area contributed by atoms with E-state index in [-0.39, 0.29) is 0 Å². The third-order valence-corrected chi connectivity index (χ3v) is 4.44. The quantitative estimate of drug-likeness (QED) is 0.670. The van der Waals surface area contributed by atoms with Gasteiger partial charge in [0.15, 0.2) is 0 Å². The maximum atomic E-state index is 2.38. The van der Waals surface area contributed by atoms with Gasteiger partial charge in [-0.1, -0.05) is 52.0 Å². The van der Waals surface area contributed by atoms with E-state index in [2.05, 4.69) is 52.0 Å². The van der Waals surface area contributed by atoms with E-state index in [1.54, 1.807) is 11.1 Å². The maximum Gasteiger partial charge on any atom is -0.00206 e. The summed E-state index contributed by atoms with van der Waals surface area (Å²) in [6.45, 7) is 9.40. The van der Waals surface area contributed by atoms with Crippen LogP contribution >= 0.6 is 0 Å². The second kappa shape index (κ2) is 4.84. The van der Waals surface area contributed by atoms with Gasteiger partial charge >= 0.3 is 0 Å². The van der Waals surface area contributed by atoms with Gasteiger partial charge in [0.2, 0.25) is 0 Å². The topological polar surface area (TPSA) is 0 Å². The van der Waals surface area contributed by atoms with Crippen molar-refractivity contribution in [2.24, 2.45) is 11.8 Å². The predicted octanol–water partition coefficient (Wildman–Crippen LogP) is 4.96. The number of aryl methyl sites for hydroxylation is 1. The van der Waals surface area contributed by atoms with Gasteiger partial charge in [0.25, 0.3) is 0 Å². The molecule has 1 aliphatic rings. The third-order valence-electron chi connectivity index (χ3n) is 4.44. The van der Waals surface area contributed by atoms with E-state index in [4.69, 9.17) is 0 Å². The first-order valence-corrected chi connectivity index (χ1v) is 7.14.